The Bertz CT molecular complexity index is 3780. The Labute approximate surface area is 721 Å². The number of aromatic nitrogens is 1. The predicted molar refractivity (Wildman–Crippen MR) is 473 cm³/mol. The lowest BCUT2D eigenvalue weighted by molar-refractivity contribution is -0.143. The first-order valence-electron chi connectivity index (χ1n) is 44.1. The van der Waals surface area contributed by atoms with Gasteiger partial charge in [0.15, 0.2) is 40.8 Å². The van der Waals surface area contributed by atoms with Gasteiger partial charge in [-0.3, -0.25) is 77.1 Å². The molecule has 0 unspecified atom stereocenters. The molecule has 0 aliphatic heterocycles. The highest BCUT2D eigenvalue weighted by Gasteiger charge is 2.38. The number of carbonyl (C=O) groups excluding carboxylic acids is 13. The Morgan fingerprint density at radius 1 is 0.492 bits per heavy atom. The van der Waals surface area contributed by atoms with E-state index in [9.17, 15) is 82.4 Å². The first-order chi connectivity index (χ1) is 58.0. The summed E-state index contributed by atoms with van der Waals surface area (Å²) in [7, 11) is 1.44. The second-order valence-corrected chi connectivity index (χ2v) is 33.2. The van der Waals surface area contributed by atoms with Crippen LogP contribution in [0.2, 0.25) is 0 Å². The van der Waals surface area contributed by atoms with Gasteiger partial charge in [-0.1, -0.05) is 187 Å². The zero-order valence-electron chi connectivity index (χ0n) is 73.9. The van der Waals surface area contributed by atoms with Crippen LogP contribution in [0.25, 0.3) is 10.9 Å². The number of primary amides is 1. The molecule has 1 heterocycles. The molecule has 22 N–H and O–H groups in total. The molecular weight excluding hydrogens is 1560 g/mol. The van der Waals surface area contributed by atoms with E-state index in [0.717, 1.165) is 41.3 Å². The van der Waals surface area contributed by atoms with Gasteiger partial charge in [-0.2, -0.15) is 0 Å². The van der Waals surface area contributed by atoms with Gasteiger partial charge >= 0.3 is 5.97 Å². The van der Waals surface area contributed by atoms with Crippen molar-refractivity contribution in [3.05, 3.63) is 71.9 Å². The van der Waals surface area contributed by atoms with Gasteiger partial charge in [0.1, 0.15) is 11.8 Å². The van der Waals surface area contributed by atoms with Crippen LogP contribution in [-0.2, 0) is 80.0 Å². The van der Waals surface area contributed by atoms with Crippen molar-refractivity contribution in [1.82, 2.24) is 36.9 Å². The number of hydrogen-bond donors (Lipinski definition) is 16. The van der Waals surface area contributed by atoms with E-state index in [1.165, 1.54) is 71.8 Å². The number of guanidine groups is 2. The Hall–Kier alpha value is -9.82. The maximum Gasteiger partial charge on any atom is 0.304 e. The molecule has 13 atom stereocenters. The molecule has 0 saturated heterocycles. The number of ketones is 6. The van der Waals surface area contributed by atoms with Crippen molar-refractivity contribution in [3.63, 3.8) is 0 Å². The topological polar surface area (TPSA) is 568 Å². The van der Waals surface area contributed by atoms with Gasteiger partial charge in [-0.05, 0) is 100 Å². The molecular formula is C90H147N15O17. The molecule has 3 aromatic rings. The summed E-state index contributed by atoms with van der Waals surface area (Å²) >= 11 is 0. The molecule has 0 saturated carbocycles. The molecule has 3 rings (SSSR count). The van der Waals surface area contributed by atoms with E-state index in [0.29, 0.717) is 64.5 Å². The molecule has 32 heteroatoms. The average molecular weight is 1710 g/mol. The SMILES string of the molecule is CCCCCCCCCCCCCCCC(=O)NCC(=O)C[C@@H](CO)C(=O)N[C@H](C(=O)C[C@@H](CC(=O)O)C(=O)N[C@@H](CCCN=C(N)N)C(=O)C[C@@H](CC(C)C)C(=O)NC)[C@@H](C)O.CC[C@H](C)[C@H](CC(=O)[C@H](Cc1ccccc1)NC(=O)[C@H](C)CC(=O)[C@H](Cc1c[nH]c2ccccc12)NC(=O)[C@H](CCCCN)CC(=O)[C@@H](C)CCCN=C(N)N)C(N)=O. The van der Waals surface area contributed by atoms with Gasteiger partial charge < -0.3 is 86.6 Å². The number of benzene rings is 2. The van der Waals surface area contributed by atoms with Crippen LogP contribution in [0.15, 0.2) is 70.8 Å². The van der Waals surface area contributed by atoms with Crippen molar-refractivity contribution in [2.24, 2.45) is 97.6 Å². The number of aliphatic carboxylic acids is 1. The van der Waals surface area contributed by atoms with Crippen LogP contribution in [0.1, 0.15) is 259 Å². The fourth-order valence-corrected chi connectivity index (χ4v) is 14.6. The van der Waals surface area contributed by atoms with Crippen LogP contribution in [0.3, 0.4) is 0 Å². The average Bonchev–Trinajstić information content (AvgIpc) is 1.66. The Morgan fingerprint density at radius 2 is 1.02 bits per heavy atom. The number of carboxylic acids is 1. The zero-order chi connectivity index (χ0) is 91.2. The molecule has 0 aliphatic rings. The number of H-pyrrole nitrogens is 1. The van der Waals surface area contributed by atoms with Gasteiger partial charge in [-0.15, -0.1) is 0 Å². The molecule has 0 radical (unpaired) electrons. The van der Waals surface area contributed by atoms with Crippen LogP contribution < -0.4 is 66.3 Å². The number of aliphatic imine (C=N–C) groups is 2. The standard InChI is InChI=1S/C45H66N8O6.C45H81N7O11/c1-5-28(2)35(42(47)57)26-41(56)37(23-31-15-7-6-8-16-31)52-43(58)30(4)22-40(55)38(24-33-27-51-36-19-10-9-18-34(33)36)53-44(59)32(17-11-12-20-46)25-39(54)29(3)14-13-21-50-45(48)49;1-6-7-8-9-10-11-12-13-14-15-16-17-18-21-39(58)50-28-35(55)24-34(29-53)44(63)52-41(31(4)54)38(57)26-33(27-40(59)60)43(62)51-36(20-19-22-49-45(46)47)37(56)25-32(23-30(2)3)42(61)48-5/h6-10,15-16,18-19,27-30,32,35,37-38,51H,5,11-14,17,20-26,46H2,1-4H3,(H2,47,57)(H,52,58)(H,53,59)(H4,48,49,50);30-34,36,41,53-54H,6-29H2,1-5H3,(H,48,61)(H,50,58)(H,51,62)(H,52,63)(H,59,60)(H4,46,47,49)/t28-,29-,30+,32+,35-,37-,38-;31-,32-,33+,34+,36+,41+/m01/s1. The zero-order valence-corrected chi connectivity index (χ0v) is 73.9. The van der Waals surface area contributed by atoms with Gasteiger partial charge in [0, 0.05) is 118 Å². The molecule has 2 aromatic carbocycles. The lowest BCUT2D eigenvalue weighted by Crippen LogP contribution is -2.52. The number of aromatic amines is 1. The van der Waals surface area contributed by atoms with E-state index in [1.807, 2.05) is 89.2 Å². The number of amides is 7. The molecule has 7 amide bonds. The number of nitrogens with one attached hydrogen (secondary N) is 7. The number of aliphatic hydroxyl groups excluding tert-OH is 2. The summed E-state index contributed by atoms with van der Waals surface area (Å²) in [5.41, 5.74) is 35.6. The third-order valence-electron chi connectivity index (χ3n) is 22.2. The summed E-state index contributed by atoms with van der Waals surface area (Å²) in [6.45, 7) is 14.2. The molecule has 0 fully saturated rings. The number of rotatable bonds is 67. The highest BCUT2D eigenvalue weighted by atomic mass is 16.4. The number of carbonyl (C=O) groups is 14. The lowest BCUT2D eigenvalue weighted by Gasteiger charge is -2.26. The first kappa shape index (κ1) is 108. The highest BCUT2D eigenvalue weighted by molar-refractivity contribution is 5.99. The maximum atomic E-state index is 14.3. The van der Waals surface area contributed by atoms with E-state index in [4.69, 9.17) is 34.4 Å². The Kier molecular flexibility index (Phi) is 54.5. The number of nitrogens with two attached hydrogens (primary N) is 6. The van der Waals surface area contributed by atoms with Gasteiger partial charge in [-0.25, -0.2) is 0 Å². The van der Waals surface area contributed by atoms with Crippen molar-refractivity contribution in [2.45, 2.75) is 291 Å². The Balaban J connectivity index is 0.000000828. The van der Waals surface area contributed by atoms with E-state index >= 15 is 0 Å². The fourth-order valence-electron chi connectivity index (χ4n) is 14.6. The third-order valence-corrected chi connectivity index (χ3v) is 22.2. The van der Waals surface area contributed by atoms with Crippen molar-refractivity contribution in [3.8, 4) is 0 Å². The van der Waals surface area contributed by atoms with E-state index in [-0.39, 0.29) is 130 Å². The van der Waals surface area contributed by atoms with E-state index < -0.39 is 145 Å². The predicted octanol–water partition coefficient (Wildman–Crippen LogP) is 6.99. The van der Waals surface area contributed by atoms with Gasteiger partial charge in [0.05, 0.1) is 55.6 Å². The largest absolute Gasteiger partial charge is 0.481 e. The molecule has 122 heavy (non-hydrogen) atoms. The second kappa shape index (κ2) is 61.5. The molecule has 32 nitrogen and oxygen atoms in total. The summed E-state index contributed by atoms with van der Waals surface area (Å²) in [5, 5.41) is 46.8. The summed E-state index contributed by atoms with van der Waals surface area (Å²) in [4.78, 5) is 196. The van der Waals surface area contributed by atoms with Crippen LogP contribution in [0, 0.1) is 53.3 Å². The smallest absolute Gasteiger partial charge is 0.304 e. The van der Waals surface area contributed by atoms with Gasteiger partial charge in [0.25, 0.3) is 0 Å². The molecule has 1 aromatic heterocycles. The quantitative estimate of drug-likeness (QED) is 0.0154. The van der Waals surface area contributed by atoms with Crippen molar-refractivity contribution in [1.29, 1.82) is 0 Å². The number of fused-ring (bicyclic) bond motifs is 1. The van der Waals surface area contributed by atoms with E-state index in [2.05, 4.69) is 53.8 Å². The minimum absolute atomic E-state index is 0.00283. The number of para-hydroxylation sites is 1. The van der Waals surface area contributed by atoms with Crippen molar-refractivity contribution in [2.75, 3.05) is 39.8 Å². The summed E-state index contributed by atoms with van der Waals surface area (Å²) < 4.78 is 0. The van der Waals surface area contributed by atoms with Crippen LogP contribution >= 0.6 is 0 Å². The monoisotopic (exact) mass is 1710 g/mol. The van der Waals surface area contributed by atoms with Crippen LogP contribution in [-0.4, -0.2) is 184 Å². The number of unbranched alkanes of at least 4 members (excludes halogenated alkanes) is 13. The van der Waals surface area contributed by atoms with Crippen LogP contribution in [0.5, 0.6) is 0 Å². The number of hydrogen-bond acceptors (Lipinski definition) is 19. The third kappa shape index (κ3) is 44.8. The Morgan fingerprint density at radius 3 is 1.57 bits per heavy atom. The first-order valence-corrected chi connectivity index (χ1v) is 44.1. The molecule has 0 bridgehead atoms. The van der Waals surface area contributed by atoms with Crippen molar-refractivity contribution < 1.29 is 82.4 Å². The minimum Gasteiger partial charge on any atom is -0.481 e. The summed E-state index contributed by atoms with van der Waals surface area (Å²) in [6, 6.07) is 12.0. The summed E-state index contributed by atoms with van der Waals surface area (Å²) in [6.07, 6.45) is 17.5. The molecule has 0 aliphatic carbocycles. The van der Waals surface area contributed by atoms with Crippen LogP contribution in [0.4, 0.5) is 0 Å². The molecule has 684 valence electrons. The second-order valence-electron chi connectivity index (χ2n) is 33.2. The lowest BCUT2D eigenvalue weighted by atomic mass is 9.84. The highest BCUT2D eigenvalue weighted by Crippen LogP contribution is 2.27. The minimum atomic E-state index is -1.66. The number of carboxylic acid groups (broad SMARTS) is 1. The van der Waals surface area contributed by atoms with Crippen molar-refractivity contribution >= 4 is 105 Å². The normalized spacial score (nSPS) is 14.4. The van der Waals surface area contributed by atoms with E-state index in [1.54, 1.807) is 13.1 Å². The fraction of sp³-hybridized carbons (Fsp3) is 0.667. The maximum absolute atomic E-state index is 14.3. The number of aliphatic hydroxyl groups is 2. The number of nitrogens with zero attached hydrogens (tertiary/aromatic N) is 2. The number of Topliss-reactive ketones (excluding diaryl/α,β-unsaturated/α-hetero) is 6. The van der Waals surface area contributed by atoms with Gasteiger partial charge in [0.2, 0.25) is 41.4 Å². The molecule has 0 spiro atoms. The summed E-state index contributed by atoms with van der Waals surface area (Å²) in [5.74, 6) is -14.7.